The molecule has 10 atom stereocenters. The second kappa shape index (κ2) is 8.93. The summed E-state index contributed by atoms with van der Waals surface area (Å²) in [5.41, 5.74) is -0.698. The Morgan fingerprint density at radius 1 is 0.704 bits per heavy atom. The van der Waals surface area contributed by atoms with Gasteiger partial charge >= 0.3 is 0 Å². The van der Waals surface area contributed by atoms with Crippen LogP contribution in [0.1, 0.15) is 20.8 Å². The van der Waals surface area contributed by atoms with Crippen molar-refractivity contribution in [3.05, 3.63) is 0 Å². The third-order valence-electron chi connectivity index (χ3n) is 4.43. The highest BCUT2D eigenvalue weighted by Crippen LogP contribution is 2.30. The van der Waals surface area contributed by atoms with Crippen molar-refractivity contribution in [2.75, 3.05) is 13.2 Å². The summed E-state index contributed by atoms with van der Waals surface area (Å²) in [6.45, 7) is 3.91. The molecule has 0 amide bonds. The molecule has 160 valence electrons. The molecule has 0 aromatic carbocycles. The van der Waals surface area contributed by atoms with Crippen molar-refractivity contribution in [1.29, 1.82) is 0 Å². The maximum Gasteiger partial charge on any atom is 0.187 e. The van der Waals surface area contributed by atoms with Gasteiger partial charge in [0, 0.05) is 0 Å². The van der Waals surface area contributed by atoms with E-state index in [2.05, 4.69) is 0 Å². The van der Waals surface area contributed by atoms with E-state index >= 15 is 0 Å². The van der Waals surface area contributed by atoms with E-state index in [1.807, 2.05) is 0 Å². The maximum atomic E-state index is 10.4. The minimum Gasteiger partial charge on any atom is -0.394 e. The first-order valence-electron chi connectivity index (χ1n) is 8.76. The predicted molar refractivity (Wildman–Crippen MR) is 87.2 cm³/mol. The van der Waals surface area contributed by atoms with Gasteiger partial charge in [-0.25, -0.2) is 0 Å². The third kappa shape index (κ3) is 5.14. The van der Waals surface area contributed by atoms with Gasteiger partial charge in [0.2, 0.25) is 0 Å². The quantitative estimate of drug-likeness (QED) is 0.243. The highest BCUT2D eigenvalue weighted by molar-refractivity contribution is 4.94. The summed E-state index contributed by atoms with van der Waals surface area (Å²) < 4.78 is 21.7. The number of ether oxygens (including phenoxy) is 4. The van der Waals surface area contributed by atoms with Gasteiger partial charge in [0.25, 0.3) is 0 Å². The summed E-state index contributed by atoms with van der Waals surface area (Å²) in [6, 6.07) is 0. The van der Waals surface area contributed by atoms with Gasteiger partial charge in [0.05, 0.1) is 18.8 Å². The fraction of sp³-hybridized carbons (Fsp3) is 1.00. The van der Waals surface area contributed by atoms with Gasteiger partial charge in [-0.3, -0.25) is 0 Å². The molecule has 2 fully saturated rings. The summed E-state index contributed by atoms with van der Waals surface area (Å²) in [7, 11) is 0. The second-order valence-electron chi connectivity index (χ2n) is 7.73. The Morgan fingerprint density at radius 3 is 1.74 bits per heavy atom. The molecule has 0 radical (unpaired) electrons. The van der Waals surface area contributed by atoms with Gasteiger partial charge in [0.1, 0.15) is 48.8 Å². The van der Waals surface area contributed by atoms with Crippen LogP contribution in [0.2, 0.25) is 0 Å². The zero-order valence-corrected chi connectivity index (χ0v) is 15.5. The third-order valence-corrected chi connectivity index (χ3v) is 4.43. The minimum absolute atomic E-state index is 0.601. The fourth-order valence-electron chi connectivity index (χ4n) is 3.00. The van der Waals surface area contributed by atoms with E-state index in [1.165, 1.54) is 0 Å². The molecular formula is C16H30O11. The summed E-state index contributed by atoms with van der Waals surface area (Å²) >= 11 is 0. The Morgan fingerprint density at radius 2 is 1.22 bits per heavy atom. The summed E-state index contributed by atoms with van der Waals surface area (Å²) in [4.78, 5) is 0. The molecule has 11 heteroatoms. The van der Waals surface area contributed by atoms with E-state index < -0.39 is 80.2 Å². The van der Waals surface area contributed by atoms with Crippen molar-refractivity contribution in [3.8, 4) is 0 Å². The second-order valence-corrected chi connectivity index (χ2v) is 7.73. The molecule has 0 spiro atoms. The lowest BCUT2D eigenvalue weighted by Crippen LogP contribution is -2.65. The van der Waals surface area contributed by atoms with Crippen LogP contribution in [0, 0.1) is 0 Å². The van der Waals surface area contributed by atoms with Crippen LogP contribution in [-0.4, -0.2) is 116 Å². The molecule has 27 heavy (non-hydrogen) atoms. The van der Waals surface area contributed by atoms with Crippen LogP contribution in [0.15, 0.2) is 0 Å². The monoisotopic (exact) mass is 398 g/mol. The summed E-state index contributed by atoms with van der Waals surface area (Å²) in [6.07, 6.45) is -14.5. The Balaban J connectivity index is 2.12. The normalized spacial score (nSPS) is 46.4. The average molecular weight is 398 g/mol. The molecular weight excluding hydrogens is 368 g/mol. The van der Waals surface area contributed by atoms with Gasteiger partial charge < -0.3 is 54.7 Å². The fourth-order valence-corrected chi connectivity index (χ4v) is 3.00. The molecule has 2 aliphatic heterocycles. The Bertz CT molecular complexity index is 466. The molecule has 2 aliphatic rings. The van der Waals surface area contributed by atoms with Crippen LogP contribution in [-0.2, 0) is 18.9 Å². The zero-order valence-electron chi connectivity index (χ0n) is 15.5. The molecule has 0 aromatic heterocycles. The summed E-state index contributed by atoms with van der Waals surface area (Å²) in [5.74, 6) is 0. The molecule has 7 N–H and O–H groups in total. The predicted octanol–water partition coefficient (Wildman–Crippen LogP) is -3.57. The lowest BCUT2D eigenvalue weighted by Gasteiger charge is -2.46. The lowest BCUT2D eigenvalue weighted by atomic mass is 9.97. The number of hydrogen-bond donors (Lipinski definition) is 7. The van der Waals surface area contributed by atoms with Gasteiger partial charge in [-0.2, -0.15) is 0 Å². The van der Waals surface area contributed by atoms with Crippen molar-refractivity contribution < 1.29 is 54.7 Å². The van der Waals surface area contributed by atoms with Crippen molar-refractivity contribution >= 4 is 0 Å². The minimum atomic E-state index is -1.70. The molecule has 10 unspecified atom stereocenters. The lowest BCUT2D eigenvalue weighted by molar-refractivity contribution is -0.366. The molecule has 2 heterocycles. The van der Waals surface area contributed by atoms with Crippen LogP contribution in [0.5, 0.6) is 0 Å². The maximum absolute atomic E-state index is 10.4. The largest absolute Gasteiger partial charge is 0.394 e. The van der Waals surface area contributed by atoms with E-state index in [4.69, 9.17) is 18.9 Å². The van der Waals surface area contributed by atoms with Gasteiger partial charge in [-0.15, -0.1) is 0 Å². The highest BCUT2D eigenvalue weighted by atomic mass is 16.7. The molecule has 0 aliphatic carbocycles. The van der Waals surface area contributed by atoms with Crippen LogP contribution >= 0.6 is 0 Å². The molecule has 0 aromatic rings. The number of hydrogen-bond acceptors (Lipinski definition) is 11. The van der Waals surface area contributed by atoms with Crippen LogP contribution in [0.25, 0.3) is 0 Å². The first-order chi connectivity index (χ1) is 12.5. The van der Waals surface area contributed by atoms with Gasteiger partial charge in [-0.1, -0.05) is 0 Å². The van der Waals surface area contributed by atoms with Crippen LogP contribution in [0.4, 0.5) is 0 Å². The van der Waals surface area contributed by atoms with E-state index in [9.17, 15) is 35.7 Å². The standard InChI is InChI=1S/C16H30O11/c1-16(2,3)27-15-12(23)10(21)13(7(5-18)25-15)26-14-11(22)9(20)8(19)6(4-17)24-14/h6-15,17-23H,4-5H2,1-3H3. The van der Waals surface area contributed by atoms with Crippen LogP contribution < -0.4 is 0 Å². The van der Waals surface area contributed by atoms with Gasteiger partial charge in [0.15, 0.2) is 12.6 Å². The molecule has 2 rings (SSSR count). The average Bonchev–Trinajstić information content (AvgIpc) is 2.60. The Kier molecular flexibility index (Phi) is 7.55. The highest BCUT2D eigenvalue weighted by Gasteiger charge is 2.51. The SMILES string of the molecule is CC(C)(C)OC1OC(CO)C(OC2OC(CO)C(O)C(O)C2O)C(O)C1O. The van der Waals surface area contributed by atoms with Crippen LogP contribution in [0.3, 0.4) is 0 Å². The van der Waals surface area contributed by atoms with E-state index in [0.717, 1.165) is 0 Å². The van der Waals surface area contributed by atoms with Crippen molar-refractivity contribution in [1.82, 2.24) is 0 Å². The van der Waals surface area contributed by atoms with E-state index in [1.54, 1.807) is 20.8 Å². The molecule has 2 saturated heterocycles. The van der Waals surface area contributed by atoms with Crippen molar-refractivity contribution in [2.24, 2.45) is 0 Å². The van der Waals surface area contributed by atoms with E-state index in [-0.39, 0.29) is 0 Å². The number of rotatable bonds is 5. The molecule has 11 nitrogen and oxygen atoms in total. The van der Waals surface area contributed by atoms with Crippen molar-refractivity contribution in [2.45, 2.75) is 87.8 Å². The first-order valence-corrected chi connectivity index (χ1v) is 8.76. The Hall–Kier alpha value is -0.440. The summed E-state index contributed by atoms with van der Waals surface area (Å²) in [5, 5.41) is 69.2. The number of aliphatic hydroxyl groups excluding tert-OH is 7. The molecule has 0 bridgehead atoms. The smallest absolute Gasteiger partial charge is 0.187 e. The van der Waals surface area contributed by atoms with Gasteiger partial charge in [-0.05, 0) is 20.8 Å². The molecule has 0 saturated carbocycles. The zero-order chi connectivity index (χ0) is 20.5. The Labute approximate surface area is 156 Å². The topological polar surface area (TPSA) is 179 Å². The van der Waals surface area contributed by atoms with Crippen molar-refractivity contribution in [3.63, 3.8) is 0 Å². The first kappa shape index (κ1) is 22.8. The number of aliphatic hydroxyl groups is 7. The van der Waals surface area contributed by atoms with E-state index in [0.29, 0.717) is 0 Å².